The monoisotopic (exact) mass is 308 g/mol. The van der Waals surface area contributed by atoms with Crippen molar-refractivity contribution < 1.29 is 4.39 Å². The number of para-hydroxylation sites is 1. The van der Waals surface area contributed by atoms with E-state index in [2.05, 4.69) is 15.9 Å². The Morgan fingerprint density at radius 2 is 1.94 bits per heavy atom. The van der Waals surface area contributed by atoms with Gasteiger partial charge in [0, 0.05) is 23.8 Å². The van der Waals surface area contributed by atoms with Crippen LogP contribution in [0.3, 0.4) is 0 Å². The van der Waals surface area contributed by atoms with Gasteiger partial charge in [0.05, 0.1) is 5.69 Å². The van der Waals surface area contributed by atoms with Crippen LogP contribution in [0.15, 0.2) is 46.9 Å². The first-order valence-corrected chi connectivity index (χ1v) is 6.39. The summed E-state index contributed by atoms with van der Waals surface area (Å²) in [6.45, 7) is 0.476. The van der Waals surface area contributed by atoms with Gasteiger partial charge >= 0.3 is 0 Å². The molecule has 0 spiro atoms. The lowest BCUT2D eigenvalue weighted by Crippen LogP contribution is -2.11. The Labute approximate surface area is 114 Å². The first kappa shape index (κ1) is 13.1. The molecule has 2 nitrogen and oxygen atoms in total. The molecule has 0 radical (unpaired) electrons. The van der Waals surface area contributed by atoms with E-state index in [-0.39, 0.29) is 5.82 Å². The molecule has 0 atom stereocenters. The maximum atomic E-state index is 13.7. The molecule has 0 amide bonds. The predicted octanol–water partition coefficient (Wildman–Crippen LogP) is 3.81. The van der Waals surface area contributed by atoms with Gasteiger partial charge in [0.2, 0.25) is 0 Å². The third kappa shape index (κ3) is 2.54. The molecule has 4 heteroatoms. The van der Waals surface area contributed by atoms with Crippen LogP contribution in [0.4, 0.5) is 15.8 Å². The minimum atomic E-state index is -0.237. The quantitative estimate of drug-likeness (QED) is 0.934. The van der Waals surface area contributed by atoms with Gasteiger partial charge in [-0.15, -0.1) is 0 Å². The molecule has 2 rings (SSSR count). The van der Waals surface area contributed by atoms with Gasteiger partial charge in [0.15, 0.2) is 0 Å². The van der Waals surface area contributed by atoms with E-state index in [1.54, 1.807) is 17.0 Å². The minimum absolute atomic E-state index is 0.237. The van der Waals surface area contributed by atoms with Crippen LogP contribution in [0.1, 0.15) is 5.56 Å². The van der Waals surface area contributed by atoms with E-state index in [1.165, 1.54) is 6.07 Å². The number of nitrogens with two attached hydrogens (primary N) is 1. The van der Waals surface area contributed by atoms with Crippen LogP contribution >= 0.6 is 15.9 Å². The standard InChI is InChI=1S/C14H14BrFN2/c1-18(14-5-3-2-4-13(14)16)11-7-6-10(9-17)12(15)8-11/h2-8H,9,17H2,1H3. The van der Waals surface area contributed by atoms with E-state index in [4.69, 9.17) is 5.73 Å². The Morgan fingerprint density at radius 1 is 1.22 bits per heavy atom. The maximum Gasteiger partial charge on any atom is 0.146 e. The summed E-state index contributed by atoms with van der Waals surface area (Å²) in [5, 5.41) is 0. The molecule has 0 unspecified atom stereocenters. The maximum absolute atomic E-state index is 13.7. The van der Waals surface area contributed by atoms with Gasteiger partial charge < -0.3 is 10.6 Å². The Hall–Kier alpha value is -1.39. The van der Waals surface area contributed by atoms with Gasteiger partial charge in [-0.05, 0) is 29.8 Å². The van der Waals surface area contributed by atoms with Gasteiger partial charge in [-0.1, -0.05) is 34.1 Å². The van der Waals surface area contributed by atoms with Gasteiger partial charge in [-0.3, -0.25) is 0 Å². The van der Waals surface area contributed by atoms with Crippen molar-refractivity contribution in [2.45, 2.75) is 6.54 Å². The van der Waals surface area contributed by atoms with Crippen molar-refractivity contribution in [3.05, 3.63) is 58.3 Å². The molecule has 18 heavy (non-hydrogen) atoms. The highest BCUT2D eigenvalue weighted by atomic mass is 79.9. The van der Waals surface area contributed by atoms with Crippen molar-refractivity contribution in [2.24, 2.45) is 5.73 Å². The Morgan fingerprint density at radius 3 is 2.56 bits per heavy atom. The molecule has 0 saturated carbocycles. The Balaban J connectivity index is 2.37. The van der Waals surface area contributed by atoms with Crippen LogP contribution in [-0.2, 0) is 6.54 Å². The smallest absolute Gasteiger partial charge is 0.146 e. The lowest BCUT2D eigenvalue weighted by atomic mass is 10.2. The fourth-order valence-electron chi connectivity index (χ4n) is 1.77. The van der Waals surface area contributed by atoms with Crippen LogP contribution in [-0.4, -0.2) is 7.05 Å². The van der Waals surface area contributed by atoms with Crippen LogP contribution < -0.4 is 10.6 Å². The van der Waals surface area contributed by atoms with Gasteiger partial charge in [-0.2, -0.15) is 0 Å². The van der Waals surface area contributed by atoms with E-state index in [1.807, 2.05) is 31.3 Å². The Bertz CT molecular complexity index is 557. The third-order valence-corrected chi connectivity index (χ3v) is 3.60. The van der Waals surface area contributed by atoms with E-state index in [0.717, 1.165) is 15.7 Å². The van der Waals surface area contributed by atoms with Gasteiger partial charge in [-0.25, -0.2) is 4.39 Å². The SMILES string of the molecule is CN(c1ccc(CN)c(Br)c1)c1ccccc1F. The largest absolute Gasteiger partial charge is 0.342 e. The van der Waals surface area contributed by atoms with E-state index in [0.29, 0.717) is 12.2 Å². The molecular formula is C14H14BrFN2. The highest BCUT2D eigenvalue weighted by molar-refractivity contribution is 9.10. The first-order valence-electron chi connectivity index (χ1n) is 5.60. The summed E-state index contributed by atoms with van der Waals surface area (Å²) in [6, 6.07) is 12.5. The molecule has 94 valence electrons. The minimum Gasteiger partial charge on any atom is -0.342 e. The normalized spacial score (nSPS) is 10.4. The van der Waals surface area contributed by atoms with Crippen molar-refractivity contribution in [1.82, 2.24) is 0 Å². The summed E-state index contributed by atoms with van der Waals surface area (Å²) in [5.74, 6) is -0.237. The summed E-state index contributed by atoms with van der Waals surface area (Å²) < 4.78 is 14.6. The Kier molecular flexibility index (Phi) is 3.99. The van der Waals surface area contributed by atoms with E-state index < -0.39 is 0 Å². The van der Waals surface area contributed by atoms with Crippen molar-refractivity contribution in [3.63, 3.8) is 0 Å². The van der Waals surface area contributed by atoms with Crippen LogP contribution in [0.2, 0.25) is 0 Å². The summed E-state index contributed by atoms with van der Waals surface area (Å²) in [5.41, 5.74) is 8.09. The molecule has 0 fully saturated rings. The molecule has 0 aromatic heterocycles. The van der Waals surface area contributed by atoms with Crippen LogP contribution in [0.25, 0.3) is 0 Å². The van der Waals surface area contributed by atoms with Crippen LogP contribution in [0, 0.1) is 5.82 Å². The molecular weight excluding hydrogens is 295 g/mol. The van der Waals surface area contributed by atoms with Crippen molar-refractivity contribution in [1.29, 1.82) is 0 Å². The number of anilines is 2. The highest BCUT2D eigenvalue weighted by Gasteiger charge is 2.09. The van der Waals surface area contributed by atoms with Crippen molar-refractivity contribution in [2.75, 3.05) is 11.9 Å². The molecule has 0 aliphatic rings. The summed E-state index contributed by atoms with van der Waals surface area (Å²) >= 11 is 3.47. The second-order valence-corrected chi connectivity index (χ2v) is 4.84. The molecule has 2 aromatic carbocycles. The van der Waals surface area contributed by atoms with Crippen molar-refractivity contribution >= 4 is 27.3 Å². The fourth-order valence-corrected chi connectivity index (χ4v) is 2.30. The second-order valence-electron chi connectivity index (χ2n) is 3.99. The van der Waals surface area contributed by atoms with Gasteiger partial charge in [0.25, 0.3) is 0 Å². The van der Waals surface area contributed by atoms with E-state index in [9.17, 15) is 4.39 Å². The molecule has 2 aromatic rings. The average molecular weight is 309 g/mol. The lowest BCUT2D eigenvalue weighted by molar-refractivity contribution is 0.627. The first-order chi connectivity index (χ1) is 8.63. The molecule has 0 aliphatic carbocycles. The summed E-state index contributed by atoms with van der Waals surface area (Å²) in [7, 11) is 1.84. The number of nitrogens with zero attached hydrogens (tertiary/aromatic N) is 1. The third-order valence-electron chi connectivity index (χ3n) is 2.86. The topological polar surface area (TPSA) is 29.3 Å². The van der Waals surface area contributed by atoms with Crippen LogP contribution in [0.5, 0.6) is 0 Å². The lowest BCUT2D eigenvalue weighted by Gasteiger charge is -2.20. The summed E-state index contributed by atoms with van der Waals surface area (Å²) in [6.07, 6.45) is 0. The molecule has 0 saturated heterocycles. The number of rotatable bonds is 3. The molecule has 0 aliphatic heterocycles. The molecule has 2 N–H and O–H groups in total. The second kappa shape index (κ2) is 5.50. The average Bonchev–Trinajstić information content (AvgIpc) is 2.38. The van der Waals surface area contributed by atoms with Crippen molar-refractivity contribution in [3.8, 4) is 0 Å². The zero-order valence-corrected chi connectivity index (χ0v) is 11.6. The molecule has 0 heterocycles. The number of hydrogen-bond acceptors (Lipinski definition) is 2. The highest BCUT2D eigenvalue weighted by Crippen LogP contribution is 2.29. The molecule has 0 bridgehead atoms. The summed E-state index contributed by atoms with van der Waals surface area (Å²) in [4.78, 5) is 1.81. The number of halogens is 2. The number of hydrogen-bond donors (Lipinski definition) is 1. The number of benzene rings is 2. The van der Waals surface area contributed by atoms with E-state index >= 15 is 0 Å². The zero-order chi connectivity index (χ0) is 13.1. The fraction of sp³-hybridized carbons (Fsp3) is 0.143. The van der Waals surface area contributed by atoms with Gasteiger partial charge in [0.1, 0.15) is 5.82 Å². The zero-order valence-electron chi connectivity index (χ0n) is 10.0. The predicted molar refractivity (Wildman–Crippen MR) is 76.5 cm³/mol.